The molecule has 4 aromatic rings. The first-order valence-electron chi connectivity index (χ1n) is 11.3. The van der Waals surface area contributed by atoms with Crippen LogP contribution < -0.4 is 5.73 Å². The van der Waals surface area contributed by atoms with Crippen molar-refractivity contribution in [3.63, 3.8) is 0 Å². The molecule has 0 saturated carbocycles. The van der Waals surface area contributed by atoms with Gasteiger partial charge < -0.3 is 15.7 Å². The number of rotatable bonds is 4. The van der Waals surface area contributed by atoms with Gasteiger partial charge in [0.2, 0.25) is 5.95 Å². The van der Waals surface area contributed by atoms with Gasteiger partial charge in [0.1, 0.15) is 5.82 Å². The highest BCUT2D eigenvalue weighted by Crippen LogP contribution is 2.30. The van der Waals surface area contributed by atoms with E-state index in [0.29, 0.717) is 46.8 Å². The number of aliphatic hydroxyl groups excluding tert-OH is 1. The summed E-state index contributed by atoms with van der Waals surface area (Å²) in [5.41, 5.74) is 9.87. The van der Waals surface area contributed by atoms with Crippen LogP contribution in [0.5, 0.6) is 0 Å². The Bertz CT molecular complexity index is 1380. The fourth-order valence-electron chi connectivity index (χ4n) is 4.48. The fraction of sp³-hybridized carbons (Fsp3) is 0.269. The number of benzene rings is 2. The third-order valence-electron chi connectivity index (χ3n) is 6.33. The molecule has 0 bridgehead atoms. The molecule has 5 rings (SSSR count). The first kappa shape index (κ1) is 22.2. The smallest absolute Gasteiger partial charge is 0.253 e. The molecule has 1 aliphatic heterocycles. The number of nitrogens with two attached hydrogens (primary N) is 1. The summed E-state index contributed by atoms with van der Waals surface area (Å²) >= 11 is 0. The maximum absolute atomic E-state index is 14.3. The van der Waals surface area contributed by atoms with Crippen LogP contribution in [0.1, 0.15) is 40.9 Å². The van der Waals surface area contributed by atoms with Gasteiger partial charge in [0.25, 0.3) is 5.91 Å². The van der Waals surface area contributed by atoms with E-state index in [1.807, 2.05) is 13.0 Å². The number of amides is 1. The Hall–Kier alpha value is -3.62. The lowest BCUT2D eigenvalue weighted by atomic mass is 10.1. The second kappa shape index (κ2) is 8.62. The number of fused-ring (bicyclic) bond motifs is 1. The second-order valence-corrected chi connectivity index (χ2v) is 8.92. The number of hydrogen-bond acceptors (Lipinski definition) is 5. The highest BCUT2D eigenvalue weighted by molar-refractivity contribution is 5.99. The molecule has 174 valence electrons. The predicted octanol–water partition coefficient (Wildman–Crippen LogP) is 3.76. The van der Waals surface area contributed by atoms with E-state index in [4.69, 9.17) is 5.73 Å². The monoisotopic (exact) mass is 459 g/mol. The van der Waals surface area contributed by atoms with Crippen LogP contribution in [0.15, 0.2) is 55.0 Å². The number of aryl methyl sites for hydroxylation is 1. The summed E-state index contributed by atoms with van der Waals surface area (Å²) in [6.45, 7) is 4.76. The van der Waals surface area contributed by atoms with Crippen LogP contribution in [0, 0.1) is 12.7 Å². The molecule has 0 aliphatic carbocycles. The molecule has 1 amide bonds. The lowest BCUT2D eigenvalue weighted by Crippen LogP contribution is -2.31. The van der Waals surface area contributed by atoms with Crippen molar-refractivity contribution >= 4 is 16.8 Å². The maximum atomic E-state index is 14.3. The van der Waals surface area contributed by atoms with Gasteiger partial charge in [-0.25, -0.2) is 14.4 Å². The molecule has 1 unspecified atom stereocenters. The molecule has 2 aromatic carbocycles. The van der Waals surface area contributed by atoms with Gasteiger partial charge in [-0.2, -0.15) is 0 Å². The van der Waals surface area contributed by atoms with Crippen LogP contribution in [0.3, 0.4) is 0 Å². The summed E-state index contributed by atoms with van der Waals surface area (Å²) in [5, 5.41) is 11.1. The van der Waals surface area contributed by atoms with Gasteiger partial charge in [-0.05, 0) is 44.5 Å². The minimum atomic E-state index is -0.720. The van der Waals surface area contributed by atoms with Crippen LogP contribution >= 0.6 is 0 Å². The average Bonchev–Trinajstić information content (AvgIpc) is 3.44. The number of hydrogen-bond donors (Lipinski definition) is 2. The normalized spacial score (nSPS) is 16.9. The number of halogens is 1. The van der Waals surface area contributed by atoms with Crippen molar-refractivity contribution in [3.8, 4) is 17.1 Å². The molecule has 0 spiro atoms. The van der Waals surface area contributed by atoms with Crippen LogP contribution in [-0.4, -0.2) is 49.6 Å². The number of likely N-dealkylation sites (tertiary alicyclic amines) is 1. The molecule has 8 heteroatoms. The summed E-state index contributed by atoms with van der Waals surface area (Å²) in [5.74, 6) is -0.0524. The number of aliphatic hydroxyl groups is 1. The molecule has 3 heterocycles. The molecule has 2 aromatic heterocycles. The Morgan fingerprint density at radius 2 is 1.97 bits per heavy atom. The Labute approximate surface area is 196 Å². The number of aromatic nitrogens is 3. The van der Waals surface area contributed by atoms with E-state index < -0.39 is 6.10 Å². The Balaban J connectivity index is 1.57. The highest BCUT2D eigenvalue weighted by Gasteiger charge is 2.25. The zero-order chi connectivity index (χ0) is 24.0. The molecular formula is C26H26FN5O2. The van der Waals surface area contributed by atoms with Gasteiger partial charge in [0.05, 0.1) is 11.6 Å². The average molecular weight is 460 g/mol. The minimum absolute atomic E-state index is 0.00327. The molecule has 3 N–H and O–H groups in total. The molecule has 34 heavy (non-hydrogen) atoms. The van der Waals surface area contributed by atoms with E-state index in [2.05, 4.69) is 9.97 Å². The summed E-state index contributed by atoms with van der Waals surface area (Å²) in [6.07, 6.45) is 5.00. The van der Waals surface area contributed by atoms with Crippen LogP contribution in [0.25, 0.3) is 28.0 Å². The van der Waals surface area contributed by atoms with E-state index in [0.717, 1.165) is 17.4 Å². The standard InChI is InChI=1S/C26H26FN5O2/c1-15-3-6-23(27)21(9-15)18-11-29-26(30-12-18)32-14-22(16(2)33)20-5-4-17(10-24(20)32)25(34)31-8-7-19(28)13-31/h3-6,9-12,14,16,19,33H,7-8,13,28H2,1-2H3/t16?,19-/m1/s1. The van der Waals surface area contributed by atoms with Gasteiger partial charge in [0.15, 0.2) is 0 Å². The van der Waals surface area contributed by atoms with Crippen molar-refractivity contribution < 1.29 is 14.3 Å². The first-order chi connectivity index (χ1) is 16.3. The maximum Gasteiger partial charge on any atom is 0.253 e. The summed E-state index contributed by atoms with van der Waals surface area (Å²) < 4.78 is 16.1. The lowest BCUT2D eigenvalue weighted by Gasteiger charge is -2.16. The van der Waals surface area contributed by atoms with Crippen LogP contribution in [0.4, 0.5) is 4.39 Å². The van der Waals surface area contributed by atoms with Crippen molar-refractivity contribution in [2.24, 2.45) is 5.73 Å². The Morgan fingerprint density at radius 1 is 1.21 bits per heavy atom. The molecule has 7 nitrogen and oxygen atoms in total. The lowest BCUT2D eigenvalue weighted by molar-refractivity contribution is 0.0791. The zero-order valence-electron chi connectivity index (χ0n) is 19.1. The van der Waals surface area contributed by atoms with Crippen molar-refractivity contribution in [2.45, 2.75) is 32.4 Å². The van der Waals surface area contributed by atoms with Gasteiger partial charge in [-0.15, -0.1) is 0 Å². The van der Waals surface area contributed by atoms with Crippen LogP contribution in [-0.2, 0) is 0 Å². The minimum Gasteiger partial charge on any atom is -0.389 e. The second-order valence-electron chi connectivity index (χ2n) is 8.92. The summed E-state index contributed by atoms with van der Waals surface area (Å²) in [4.78, 5) is 23.7. The predicted molar refractivity (Wildman–Crippen MR) is 128 cm³/mol. The van der Waals surface area contributed by atoms with Gasteiger partial charge in [-0.3, -0.25) is 9.36 Å². The molecule has 0 radical (unpaired) electrons. The fourth-order valence-corrected chi connectivity index (χ4v) is 4.48. The van der Waals surface area contributed by atoms with Gasteiger partial charge in [-0.1, -0.05) is 17.7 Å². The SMILES string of the molecule is Cc1ccc(F)c(-c2cnc(-n3cc(C(C)O)c4ccc(C(=O)N5CC[C@@H](N)C5)cc43)nc2)c1. The van der Waals surface area contributed by atoms with Crippen molar-refractivity contribution in [3.05, 3.63) is 77.5 Å². The van der Waals surface area contributed by atoms with Crippen molar-refractivity contribution in [2.75, 3.05) is 13.1 Å². The number of nitrogens with zero attached hydrogens (tertiary/aromatic N) is 4. The third-order valence-corrected chi connectivity index (χ3v) is 6.33. The Morgan fingerprint density at radius 3 is 2.65 bits per heavy atom. The van der Waals surface area contributed by atoms with E-state index in [9.17, 15) is 14.3 Å². The number of carbonyl (C=O) groups is 1. The van der Waals surface area contributed by atoms with Gasteiger partial charge >= 0.3 is 0 Å². The molecule has 1 saturated heterocycles. The molecular weight excluding hydrogens is 433 g/mol. The summed E-state index contributed by atoms with van der Waals surface area (Å²) in [7, 11) is 0. The van der Waals surface area contributed by atoms with E-state index >= 15 is 0 Å². The van der Waals surface area contributed by atoms with Crippen molar-refractivity contribution in [1.29, 1.82) is 0 Å². The molecule has 1 aliphatic rings. The highest BCUT2D eigenvalue weighted by atomic mass is 19.1. The van der Waals surface area contributed by atoms with Crippen LogP contribution in [0.2, 0.25) is 0 Å². The molecule has 2 atom stereocenters. The zero-order valence-corrected chi connectivity index (χ0v) is 19.1. The number of carbonyl (C=O) groups excluding carboxylic acids is 1. The van der Waals surface area contributed by atoms with Gasteiger partial charge in [0, 0.05) is 65.4 Å². The molecule has 1 fully saturated rings. The van der Waals surface area contributed by atoms with E-state index in [1.54, 1.807) is 59.2 Å². The quantitative estimate of drug-likeness (QED) is 0.484. The van der Waals surface area contributed by atoms with Crippen molar-refractivity contribution in [1.82, 2.24) is 19.4 Å². The van der Waals surface area contributed by atoms with E-state index in [-0.39, 0.29) is 17.8 Å². The third kappa shape index (κ3) is 3.95. The summed E-state index contributed by atoms with van der Waals surface area (Å²) in [6, 6.07) is 10.3. The Kier molecular flexibility index (Phi) is 5.63. The van der Waals surface area contributed by atoms with E-state index in [1.165, 1.54) is 6.07 Å². The largest absolute Gasteiger partial charge is 0.389 e. The first-order valence-corrected chi connectivity index (χ1v) is 11.3. The topological polar surface area (TPSA) is 97.3 Å².